The van der Waals surface area contributed by atoms with Crippen LogP contribution in [0.25, 0.3) is 0 Å². The van der Waals surface area contributed by atoms with E-state index in [4.69, 9.17) is 5.73 Å². The second-order valence-corrected chi connectivity index (χ2v) is 5.48. The third kappa shape index (κ3) is 4.75. The van der Waals surface area contributed by atoms with Crippen molar-refractivity contribution in [1.29, 1.82) is 0 Å². The Balaban J connectivity index is 2.71. The monoisotopic (exact) mass is 267 g/mol. The number of nitrogens with two attached hydrogens (primary N) is 1. The Morgan fingerprint density at radius 3 is 2.63 bits per heavy atom. The van der Waals surface area contributed by atoms with Gasteiger partial charge < -0.3 is 16.2 Å². The van der Waals surface area contributed by atoms with Gasteiger partial charge in [-0.1, -0.05) is 13.8 Å². The number of non-ortho nitro benzene ring substituents is 1. The van der Waals surface area contributed by atoms with Crippen LogP contribution in [0.15, 0.2) is 18.2 Å². The van der Waals surface area contributed by atoms with Gasteiger partial charge >= 0.3 is 0 Å². The fraction of sp³-hybridized carbons (Fsp3) is 0.538. The Labute approximate surface area is 112 Å². The van der Waals surface area contributed by atoms with Crippen LogP contribution in [0.2, 0.25) is 0 Å². The van der Waals surface area contributed by atoms with E-state index < -0.39 is 10.5 Å². The molecule has 0 radical (unpaired) electrons. The first-order valence-corrected chi connectivity index (χ1v) is 6.21. The molecule has 4 N–H and O–H groups in total. The van der Waals surface area contributed by atoms with E-state index in [1.807, 2.05) is 13.8 Å². The van der Waals surface area contributed by atoms with Crippen LogP contribution in [-0.2, 0) is 0 Å². The average molecular weight is 267 g/mol. The summed E-state index contributed by atoms with van der Waals surface area (Å²) >= 11 is 0. The van der Waals surface area contributed by atoms with E-state index in [1.165, 1.54) is 12.1 Å². The molecule has 0 spiro atoms. The van der Waals surface area contributed by atoms with Crippen molar-refractivity contribution in [2.24, 2.45) is 5.92 Å². The Morgan fingerprint density at radius 1 is 1.53 bits per heavy atom. The van der Waals surface area contributed by atoms with E-state index in [0.717, 1.165) is 0 Å². The van der Waals surface area contributed by atoms with Crippen molar-refractivity contribution < 1.29 is 10.0 Å². The largest absolute Gasteiger partial charge is 0.397 e. The van der Waals surface area contributed by atoms with Gasteiger partial charge in [-0.15, -0.1) is 0 Å². The first-order valence-electron chi connectivity index (χ1n) is 6.21. The van der Waals surface area contributed by atoms with Crippen LogP contribution in [0.3, 0.4) is 0 Å². The molecule has 1 atom stereocenters. The van der Waals surface area contributed by atoms with E-state index >= 15 is 0 Å². The number of aliphatic hydroxyl groups is 1. The molecule has 6 heteroatoms. The van der Waals surface area contributed by atoms with Crippen LogP contribution >= 0.6 is 0 Å². The molecule has 1 aromatic carbocycles. The second kappa shape index (κ2) is 5.88. The van der Waals surface area contributed by atoms with E-state index in [0.29, 0.717) is 30.3 Å². The van der Waals surface area contributed by atoms with Gasteiger partial charge in [-0.2, -0.15) is 0 Å². The molecule has 0 saturated carbocycles. The Bertz CT molecular complexity index is 458. The lowest BCUT2D eigenvalue weighted by atomic mass is 9.94. The first-order chi connectivity index (χ1) is 8.71. The number of anilines is 2. The highest BCUT2D eigenvalue weighted by atomic mass is 16.6. The van der Waals surface area contributed by atoms with Crippen molar-refractivity contribution in [3.8, 4) is 0 Å². The number of nitrogen functional groups attached to an aromatic ring is 1. The smallest absolute Gasteiger partial charge is 0.271 e. The molecule has 1 unspecified atom stereocenters. The highest BCUT2D eigenvalue weighted by Crippen LogP contribution is 2.25. The van der Waals surface area contributed by atoms with Crippen molar-refractivity contribution >= 4 is 17.1 Å². The summed E-state index contributed by atoms with van der Waals surface area (Å²) in [6, 6.07) is 4.24. The van der Waals surface area contributed by atoms with Crippen LogP contribution in [0.1, 0.15) is 27.2 Å². The van der Waals surface area contributed by atoms with Crippen LogP contribution in [-0.4, -0.2) is 22.2 Å². The highest BCUT2D eigenvalue weighted by Gasteiger charge is 2.22. The zero-order chi connectivity index (χ0) is 14.6. The minimum atomic E-state index is -0.845. The van der Waals surface area contributed by atoms with Gasteiger partial charge in [-0.05, 0) is 25.3 Å². The van der Waals surface area contributed by atoms with Gasteiger partial charge in [-0.3, -0.25) is 10.1 Å². The number of hydrogen-bond donors (Lipinski definition) is 3. The summed E-state index contributed by atoms with van der Waals surface area (Å²) in [6.45, 7) is 6.16. The maximum Gasteiger partial charge on any atom is 0.271 e. The van der Waals surface area contributed by atoms with Gasteiger partial charge in [0.1, 0.15) is 0 Å². The molecule has 0 aliphatic rings. The Hall–Kier alpha value is -1.82. The lowest BCUT2D eigenvalue weighted by molar-refractivity contribution is -0.384. The summed E-state index contributed by atoms with van der Waals surface area (Å²) in [5.41, 5.74) is 5.74. The van der Waals surface area contributed by atoms with Gasteiger partial charge in [0, 0.05) is 18.7 Å². The SMILES string of the molecule is CC(C)CC(C)(O)CNc1ccc([N+](=O)[O-])cc1N. The third-order valence-corrected chi connectivity index (χ3v) is 2.75. The lowest BCUT2D eigenvalue weighted by Crippen LogP contribution is -2.35. The molecule has 0 bridgehead atoms. The Kier molecular flexibility index (Phi) is 4.72. The standard InChI is InChI=1S/C13H21N3O3/c1-9(2)7-13(3,17)8-15-12-5-4-10(16(18)19)6-11(12)14/h4-6,9,15,17H,7-8,14H2,1-3H3. The molecular weight excluding hydrogens is 246 g/mol. The van der Waals surface area contributed by atoms with Crippen LogP contribution in [0.4, 0.5) is 17.1 Å². The third-order valence-electron chi connectivity index (χ3n) is 2.75. The Morgan fingerprint density at radius 2 is 2.16 bits per heavy atom. The van der Waals surface area contributed by atoms with Crippen molar-refractivity contribution in [1.82, 2.24) is 0 Å². The topological polar surface area (TPSA) is 101 Å². The normalized spacial score (nSPS) is 14.2. The van der Waals surface area contributed by atoms with Crippen molar-refractivity contribution in [2.75, 3.05) is 17.6 Å². The summed E-state index contributed by atoms with van der Waals surface area (Å²) in [4.78, 5) is 10.1. The number of nitrogens with zero attached hydrogens (tertiary/aromatic N) is 1. The molecular formula is C13H21N3O3. The van der Waals surface area contributed by atoms with Crippen molar-refractivity contribution in [3.05, 3.63) is 28.3 Å². The molecule has 0 aliphatic carbocycles. The van der Waals surface area contributed by atoms with Crippen molar-refractivity contribution in [2.45, 2.75) is 32.8 Å². The molecule has 19 heavy (non-hydrogen) atoms. The molecule has 6 nitrogen and oxygen atoms in total. The van der Waals surface area contributed by atoms with E-state index in [9.17, 15) is 15.2 Å². The molecule has 106 valence electrons. The fourth-order valence-corrected chi connectivity index (χ4v) is 2.06. The summed E-state index contributed by atoms with van der Waals surface area (Å²) in [5, 5.41) is 23.8. The summed E-state index contributed by atoms with van der Waals surface area (Å²) in [5.74, 6) is 0.381. The number of nitro groups is 1. The molecule has 0 saturated heterocycles. The maximum absolute atomic E-state index is 10.6. The molecule has 0 amide bonds. The van der Waals surface area contributed by atoms with Crippen LogP contribution < -0.4 is 11.1 Å². The zero-order valence-corrected chi connectivity index (χ0v) is 11.5. The minimum absolute atomic E-state index is 0.0445. The number of nitro benzene ring substituents is 1. The second-order valence-electron chi connectivity index (χ2n) is 5.48. The molecule has 0 heterocycles. The lowest BCUT2D eigenvalue weighted by Gasteiger charge is -2.26. The maximum atomic E-state index is 10.6. The molecule has 1 rings (SSSR count). The van der Waals surface area contributed by atoms with Gasteiger partial charge in [0.2, 0.25) is 0 Å². The van der Waals surface area contributed by atoms with E-state index in [-0.39, 0.29) is 5.69 Å². The predicted octanol–water partition coefficient (Wildman–Crippen LogP) is 2.39. The molecule has 0 fully saturated rings. The summed E-state index contributed by atoms with van der Waals surface area (Å²) in [7, 11) is 0. The number of hydrogen-bond acceptors (Lipinski definition) is 5. The summed E-state index contributed by atoms with van der Waals surface area (Å²) in [6.07, 6.45) is 0.660. The summed E-state index contributed by atoms with van der Waals surface area (Å²) < 4.78 is 0. The first kappa shape index (κ1) is 15.2. The molecule has 0 aliphatic heterocycles. The predicted molar refractivity (Wildman–Crippen MR) is 76.1 cm³/mol. The van der Waals surface area contributed by atoms with Gasteiger partial charge in [-0.25, -0.2) is 0 Å². The average Bonchev–Trinajstić information content (AvgIpc) is 2.25. The number of benzene rings is 1. The van der Waals surface area contributed by atoms with Crippen LogP contribution in [0.5, 0.6) is 0 Å². The zero-order valence-electron chi connectivity index (χ0n) is 11.5. The molecule has 1 aromatic rings. The molecule has 0 aromatic heterocycles. The quantitative estimate of drug-likeness (QED) is 0.417. The van der Waals surface area contributed by atoms with Gasteiger partial charge in [0.05, 0.1) is 21.9 Å². The minimum Gasteiger partial charge on any atom is -0.397 e. The number of nitrogens with one attached hydrogen (secondary N) is 1. The highest BCUT2D eigenvalue weighted by molar-refractivity contribution is 5.69. The van der Waals surface area contributed by atoms with Crippen molar-refractivity contribution in [3.63, 3.8) is 0 Å². The van der Waals surface area contributed by atoms with E-state index in [1.54, 1.807) is 13.0 Å². The van der Waals surface area contributed by atoms with E-state index in [2.05, 4.69) is 5.32 Å². The number of rotatable bonds is 6. The fourth-order valence-electron chi connectivity index (χ4n) is 2.06. The van der Waals surface area contributed by atoms with Gasteiger partial charge in [0.25, 0.3) is 5.69 Å². The van der Waals surface area contributed by atoms with Crippen LogP contribution in [0, 0.1) is 16.0 Å². The van der Waals surface area contributed by atoms with Gasteiger partial charge in [0.15, 0.2) is 0 Å².